The SMILES string of the molecule is CC(C[c-]1cccc1)c1ccccc1.Cc1cc2c(Br)c3c(cc2[cH-]1)CCC3.[Zr+2]. The van der Waals surface area contributed by atoms with Crippen LogP contribution in [0.1, 0.15) is 47.1 Å². The van der Waals surface area contributed by atoms with E-state index in [0.29, 0.717) is 5.92 Å². The van der Waals surface area contributed by atoms with Crippen molar-refractivity contribution in [1.82, 2.24) is 0 Å². The molecule has 29 heavy (non-hydrogen) atoms. The third-order valence-corrected chi connectivity index (χ3v) is 6.71. The van der Waals surface area contributed by atoms with Gasteiger partial charge in [-0.05, 0) is 40.8 Å². The zero-order valence-electron chi connectivity index (χ0n) is 17.2. The molecule has 1 aliphatic rings. The topological polar surface area (TPSA) is 0 Å². The van der Waals surface area contributed by atoms with E-state index in [2.05, 4.69) is 103 Å². The Balaban J connectivity index is 0.000000160. The van der Waals surface area contributed by atoms with Crippen molar-refractivity contribution in [1.29, 1.82) is 0 Å². The summed E-state index contributed by atoms with van der Waals surface area (Å²) in [5.41, 5.74) is 7.32. The fourth-order valence-corrected chi connectivity index (χ4v) is 5.11. The summed E-state index contributed by atoms with van der Waals surface area (Å²) in [6, 6.07) is 26.2. The second kappa shape index (κ2) is 10.2. The van der Waals surface area contributed by atoms with E-state index in [4.69, 9.17) is 0 Å². The van der Waals surface area contributed by atoms with Gasteiger partial charge in [0.2, 0.25) is 0 Å². The van der Waals surface area contributed by atoms with Gasteiger partial charge in [0.15, 0.2) is 0 Å². The zero-order valence-corrected chi connectivity index (χ0v) is 21.3. The molecule has 0 fully saturated rings. The van der Waals surface area contributed by atoms with Crippen molar-refractivity contribution in [2.24, 2.45) is 0 Å². The quantitative estimate of drug-likeness (QED) is 0.240. The average molecular weight is 523 g/mol. The summed E-state index contributed by atoms with van der Waals surface area (Å²) in [5.74, 6) is 0.610. The summed E-state index contributed by atoms with van der Waals surface area (Å²) in [4.78, 5) is 0. The second-order valence-corrected chi connectivity index (χ2v) is 8.82. The summed E-state index contributed by atoms with van der Waals surface area (Å²) in [7, 11) is 0. The Morgan fingerprint density at radius 1 is 1.03 bits per heavy atom. The first-order valence-electron chi connectivity index (χ1n) is 10.2. The molecule has 0 spiro atoms. The minimum atomic E-state index is 0. The number of hydrogen-bond donors (Lipinski definition) is 0. The van der Waals surface area contributed by atoms with Gasteiger partial charge < -0.3 is 0 Å². The van der Waals surface area contributed by atoms with Crippen LogP contribution < -0.4 is 0 Å². The van der Waals surface area contributed by atoms with Gasteiger partial charge in [-0.15, -0.1) is 28.5 Å². The van der Waals surface area contributed by atoms with Gasteiger partial charge >= 0.3 is 26.2 Å². The molecule has 0 aliphatic heterocycles. The number of rotatable bonds is 3. The standard InChI is InChI=1S/C14H15.C13H12Br.Zr/c1-12(11-13-7-5-6-8-13)14-9-3-2-4-10-14;1-8-5-10-7-9-3-2-4-11(9)13(14)12(10)6-8;/h2-10,12H,11H2,1H3;5-7H,2-4H2,1H3;/q2*-1;+2. The smallest absolute Gasteiger partial charge is 0.213 e. The molecule has 1 aliphatic carbocycles. The second-order valence-electron chi connectivity index (χ2n) is 8.03. The molecule has 0 nitrogen and oxygen atoms in total. The molecule has 0 aromatic heterocycles. The predicted octanol–water partition coefficient (Wildman–Crippen LogP) is 7.87. The predicted molar refractivity (Wildman–Crippen MR) is 125 cm³/mol. The van der Waals surface area contributed by atoms with E-state index >= 15 is 0 Å². The van der Waals surface area contributed by atoms with Crippen molar-refractivity contribution in [3.63, 3.8) is 0 Å². The Morgan fingerprint density at radius 3 is 2.48 bits per heavy atom. The van der Waals surface area contributed by atoms with E-state index in [9.17, 15) is 0 Å². The van der Waals surface area contributed by atoms with Crippen LogP contribution >= 0.6 is 15.9 Å². The maximum Gasteiger partial charge on any atom is 2.00 e. The molecule has 4 aromatic rings. The molecule has 1 atom stereocenters. The van der Waals surface area contributed by atoms with Gasteiger partial charge in [0.05, 0.1) is 0 Å². The fraction of sp³-hybridized carbons (Fsp3) is 0.259. The first-order chi connectivity index (χ1) is 13.6. The first-order valence-corrected chi connectivity index (χ1v) is 11.0. The van der Waals surface area contributed by atoms with Gasteiger partial charge in [-0.2, -0.15) is 23.8 Å². The Kier molecular flexibility index (Phi) is 7.88. The summed E-state index contributed by atoms with van der Waals surface area (Å²) < 4.78 is 1.34. The molecular formula is C27H27BrZr. The Morgan fingerprint density at radius 2 is 1.76 bits per heavy atom. The summed E-state index contributed by atoms with van der Waals surface area (Å²) in [6.45, 7) is 4.44. The molecule has 1 unspecified atom stereocenters. The van der Waals surface area contributed by atoms with Crippen LogP contribution in [-0.2, 0) is 45.5 Å². The minimum absolute atomic E-state index is 0. The molecule has 0 N–H and O–H groups in total. The van der Waals surface area contributed by atoms with Crippen molar-refractivity contribution in [2.45, 2.75) is 45.4 Å². The molecule has 0 radical (unpaired) electrons. The third-order valence-electron chi connectivity index (χ3n) is 5.80. The monoisotopic (exact) mass is 520 g/mol. The Hall–Kier alpha value is -1.24. The molecule has 0 bridgehead atoms. The van der Waals surface area contributed by atoms with Crippen LogP contribution in [0.2, 0.25) is 0 Å². The minimum Gasteiger partial charge on any atom is -0.213 e. The molecule has 0 amide bonds. The van der Waals surface area contributed by atoms with Crippen molar-refractivity contribution < 1.29 is 26.2 Å². The van der Waals surface area contributed by atoms with Crippen LogP contribution in [0.4, 0.5) is 0 Å². The number of halogens is 1. The fourth-order valence-electron chi connectivity index (χ4n) is 4.32. The maximum atomic E-state index is 3.75. The summed E-state index contributed by atoms with van der Waals surface area (Å²) in [6.07, 6.45) is 4.96. The van der Waals surface area contributed by atoms with Gasteiger partial charge in [-0.1, -0.05) is 72.1 Å². The van der Waals surface area contributed by atoms with E-state index in [0.717, 1.165) is 6.42 Å². The van der Waals surface area contributed by atoms with Crippen LogP contribution in [-0.4, -0.2) is 0 Å². The van der Waals surface area contributed by atoms with E-state index in [1.807, 2.05) is 0 Å². The van der Waals surface area contributed by atoms with Gasteiger partial charge in [0.25, 0.3) is 0 Å². The van der Waals surface area contributed by atoms with E-state index in [1.165, 1.54) is 51.2 Å². The van der Waals surface area contributed by atoms with Crippen molar-refractivity contribution in [3.05, 3.63) is 105 Å². The summed E-state index contributed by atoms with van der Waals surface area (Å²) in [5, 5.41) is 2.79. The Labute approximate surface area is 202 Å². The largest absolute Gasteiger partial charge is 2.00 e. The third kappa shape index (κ3) is 5.28. The molecule has 0 heterocycles. The molecule has 146 valence electrons. The zero-order chi connectivity index (χ0) is 19.5. The van der Waals surface area contributed by atoms with Gasteiger partial charge in [-0.25, -0.2) is 12.1 Å². The molecule has 2 heteroatoms. The van der Waals surface area contributed by atoms with Crippen molar-refractivity contribution in [3.8, 4) is 0 Å². The number of hydrogen-bond acceptors (Lipinski definition) is 0. The number of aryl methyl sites for hydroxylation is 2. The van der Waals surface area contributed by atoms with Gasteiger partial charge in [0.1, 0.15) is 0 Å². The summed E-state index contributed by atoms with van der Waals surface area (Å²) >= 11 is 3.75. The van der Waals surface area contributed by atoms with E-state index < -0.39 is 0 Å². The molecule has 5 rings (SSSR count). The number of benzene rings is 2. The normalized spacial score (nSPS) is 13.3. The van der Waals surface area contributed by atoms with Crippen LogP contribution in [0, 0.1) is 6.92 Å². The van der Waals surface area contributed by atoms with Gasteiger partial charge in [0, 0.05) is 0 Å². The van der Waals surface area contributed by atoms with Crippen molar-refractivity contribution >= 4 is 26.7 Å². The van der Waals surface area contributed by atoms with Crippen molar-refractivity contribution in [2.75, 3.05) is 0 Å². The van der Waals surface area contributed by atoms with Crippen LogP contribution in [0.15, 0.2) is 77.3 Å². The van der Waals surface area contributed by atoms with Crippen LogP contribution in [0.25, 0.3) is 10.8 Å². The Bertz CT molecular complexity index is 1040. The number of fused-ring (bicyclic) bond motifs is 2. The maximum absolute atomic E-state index is 3.75. The molecule has 4 aromatic carbocycles. The van der Waals surface area contributed by atoms with E-state index in [-0.39, 0.29) is 26.2 Å². The van der Waals surface area contributed by atoms with Gasteiger partial charge in [-0.3, -0.25) is 0 Å². The average Bonchev–Trinajstić information content (AvgIpc) is 3.44. The van der Waals surface area contributed by atoms with Crippen LogP contribution in [0.5, 0.6) is 0 Å². The molecule has 0 saturated heterocycles. The molecule has 0 saturated carbocycles. The first kappa shape index (κ1) is 22.4. The van der Waals surface area contributed by atoms with Crippen LogP contribution in [0.3, 0.4) is 0 Å². The van der Waals surface area contributed by atoms with E-state index in [1.54, 1.807) is 11.1 Å². The molecular weight excluding hydrogens is 495 g/mol.